The Kier molecular flexibility index (Phi) is 10.3. The number of anilines is 1. The molecule has 0 aromatic heterocycles. The molecular formula is C22H29F2IN4O2. The van der Waals surface area contributed by atoms with E-state index in [0.29, 0.717) is 13.1 Å². The van der Waals surface area contributed by atoms with Gasteiger partial charge in [-0.2, -0.15) is 8.78 Å². The number of aliphatic imine (C=N–C) groups is 1. The molecule has 0 bridgehead atoms. The van der Waals surface area contributed by atoms with Gasteiger partial charge in [0.2, 0.25) is 0 Å². The number of nitrogens with zero attached hydrogens (tertiary/aromatic N) is 3. The van der Waals surface area contributed by atoms with Gasteiger partial charge < -0.3 is 24.6 Å². The number of guanidine groups is 1. The van der Waals surface area contributed by atoms with Crippen LogP contribution in [0.3, 0.4) is 0 Å². The average molecular weight is 546 g/mol. The molecule has 1 saturated heterocycles. The van der Waals surface area contributed by atoms with Gasteiger partial charge in [-0.1, -0.05) is 30.3 Å². The molecule has 1 aliphatic heterocycles. The normalized spacial score (nSPS) is 14.2. The van der Waals surface area contributed by atoms with Crippen LogP contribution in [0.25, 0.3) is 0 Å². The van der Waals surface area contributed by atoms with Crippen LogP contribution in [0.2, 0.25) is 0 Å². The van der Waals surface area contributed by atoms with Crippen molar-refractivity contribution in [3.63, 3.8) is 0 Å². The van der Waals surface area contributed by atoms with E-state index in [1.165, 1.54) is 11.3 Å². The van der Waals surface area contributed by atoms with Gasteiger partial charge in [-0.05, 0) is 29.3 Å². The Morgan fingerprint density at radius 1 is 1.16 bits per heavy atom. The van der Waals surface area contributed by atoms with Crippen LogP contribution in [0.4, 0.5) is 14.5 Å². The number of halogens is 3. The highest BCUT2D eigenvalue weighted by Gasteiger charge is 2.15. The maximum Gasteiger partial charge on any atom is 0.387 e. The Labute approximate surface area is 199 Å². The van der Waals surface area contributed by atoms with E-state index in [1.54, 1.807) is 31.3 Å². The summed E-state index contributed by atoms with van der Waals surface area (Å²) in [6.45, 7) is 1.67. The number of alkyl halides is 2. The van der Waals surface area contributed by atoms with Gasteiger partial charge in [-0.15, -0.1) is 24.0 Å². The van der Waals surface area contributed by atoms with E-state index >= 15 is 0 Å². The molecule has 31 heavy (non-hydrogen) atoms. The third kappa shape index (κ3) is 7.49. The first kappa shape index (κ1) is 25.1. The molecule has 1 heterocycles. The predicted octanol–water partition coefficient (Wildman–Crippen LogP) is 3.95. The van der Waals surface area contributed by atoms with Crippen LogP contribution in [-0.4, -0.2) is 57.9 Å². The fourth-order valence-electron chi connectivity index (χ4n) is 3.46. The number of rotatable bonds is 7. The molecule has 0 aliphatic carbocycles. The van der Waals surface area contributed by atoms with Gasteiger partial charge in [-0.3, -0.25) is 4.99 Å². The zero-order chi connectivity index (χ0) is 21.3. The summed E-state index contributed by atoms with van der Waals surface area (Å²) in [5.41, 5.74) is 3.37. The lowest BCUT2D eigenvalue weighted by atomic mass is 10.1. The molecule has 2 aromatic carbocycles. The maximum absolute atomic E-state index is 12.3. The van der Waals surface area contributed by atoms with Gasteiger partial charge in [0.1, 0.15) is 5.75 Å². The second kappa shape index (κ2) is 12.7. The molecule has 0 amide bonds. The summed E-state index contributed by atoms with van der Waals surface area (Å²) in [4.78, 5) is 8.70. The highest BCUT2D eigenvalue weighted by Crippen LogP contribution is 2.21. The molecule has 0 spiro atoms. The molecule has 1 fully saturated rings. The molecule has 0 atom stereocenters. The molecule has 6 nitrogen and oxygen atoms in total. The second-order valence-electron chi connectivity index (χ2n) is 7.01. The topological polar surface area (TPSA) is 49.3 Å². The van der Waals surface area contributed by atoms with Crippen molar-refractivity contribution in [2.75, 3.05) is 45.3 Å². The van der Waals surface area contributed by atoms with Gasteiger partial charge in [0.15, 0.2) is 5.96 Å². The summed E-state index contributed by atoms with van der Waals surface area (Å²) in [6.07, 6.45) is 0. The molecule has 0 unspecified atom stereocenters. The summed E-state index contributed by atoms with van der Waals surface area (Å²) in [7, 11) is 3.68. The highest BCUT2D eigenvalue weighted by molar-refractivity contribution is 14.0. The number of ether oxygens (including phenoxy) is 2. The predicted molar refractivity (Wildman–Crippen MR) is 130 cm³/mol. The van der Waals surface area contributed by atoms with Crippen molar-refractivity contribution >= 4 is 35.6 Å². The number of benzene rings is 2. The first-order valence-electron chi connectivity index (χ1n) is 9.93. The van der Waals surface area contributed by atoms with Crippen LogP contribution in [0.1, 0.15) is 11.1 Å². The van der Waals surface area contributed by atoms with Crippen LogP contribution >= 0.6 is 24.0 Å². The minimum Gasteiger partial charge on any atom is -0.435 e. The standard InChI is InChI=1S/C22H28F2N4O2.HI/c1-25-22(27(2)16-17-7-9-19(10-8-17)30-21(23)24)26-15-18-5-3-4-6-20(18)28-11-13-29-14-12-28;/h3-10,21H,11-16H2,1-2H3,(H,25,26);1H. The van der Waals surface area contributed by atoms with E-state index in [2.05, 4.69) is 38.1 Å². The van der Waals surface area contributed by atoms with Crippen molar-refractivity contribution < 1.29 is 18.3 Å². The van der Waals surface area contributed by atoms with Crippen LogP contribution in [0.15, 0.2) is 53.5 Å². The molecule has 9 heteroatoms. The van der Waals surface area contributed by atoms with E-state index < -0.39 is 6.61 Å². The van der Waals surface area contributed by atoms with E-state index in [1.807, 2.05) is 18.0 Å². The Morgan fingerprint density at radius 2 is 1.84 bits per heavy atom. The third-order valence-electron chi connectivity index (χ3n) is 4.92. The average Bonchev–Trinajstić information content (AvgIpc) is 2.76. The van der Waals surface area contributed by atoms with Gasteiger partial charge in [0.25, 0.3) is 0 Å². The molecule has 170 valence electrons. The van der Waals surface area contributed by atoms with Crippen molar-refractivity contribution in [2.24, 2.45) is 4.99 Å². The fourth-order valence-corrected chi connectivity index (χ4v) is 3.46. The van der Waals surface area contributed by atoms with Crippen LogP contribution in [-0.2, 0) is 17.8 Å². The highest BCUT2D eigenvalue weighted by atomic mass is 127. The minimum atomic E-state index is -2.82. The zero-order valence-electron chi connectivity index (χ0n) is 17.8. The minimum absolute atomic E-state index is 0. The van der Waals surface area contributed by atoms with E-state index in [-0.39, 0.29) is 29.7 Å². The Bertz CT molecular complexity index is 831. The number of para-hydroxylation sites is 1. The van der Waals surface area contributed by atoms with E-state index in [4.69, 9.17) is 4.74 Å². The Morgan fingerprint density at radius 3 is 2.48 bits per heavy atom. The summed E-state index contributed by atoms with van der Waals surface area (Å²) < 4.78 is 34.4. The van der Waals surface area contributed by atoms with Crippen molar-refractivity contribution in [2.45, 2.75) is 19.7 Å². The smallest absolute Gasteiger partial charge is 0.387 e. The SMILES string of the molecule is CN=C(NCc1ccccc1N1CCOCC1)N(C)Cc1ccc(OC(F)F)cc1.I. The second-order valence-corrected chi connectivity index (χ2v) is 7.01. The lowest BCUT2D eigenvalue weighted by Gasteiger charge is -2.31. The fraction of sp³-hybridized carbons (Fsp3) is 0.409. The summed E-state index contributed by atoms with van der Waals surface area (Å²) in [5, 5.41) is 3.42. The monoisotopic (exact) mass is 546 g/mol. The molecule has 0 radical (unpaired) electrons. The molecule has 1 aliphatic rings. The quantitative estimate of drug-likeness (QED) is 0.324. The van der Waals surface area contributed by atoms with Crippen LogP contribution < -0.4 is 15.0 Å². The number of morpholine rings is 1. The third-order valence-corrected chi connectivity index (χ3v) is 4.92. The first-order chi connectivity index (χ1) is 14.6. The Hall–Kier alpha value is -2.14. The number of hydrogen-bond acceptors (Lipinski definition) is 4. The van der Waals surface area contributed by atoms with E-state index in [0.717, 1.165) is 37.8 Å². The molecule has 2 aromatic rings. The lowest BCUT2D eigenvalue weighted by molar-refractivity contribution is -0.0498. The summed E-state index contributed by atoms with van der Waals surface area (Å²) in [5.74, 6) is 0.901. The lowest BCUT2D eigenvalue weighted by Crippen LogP contribution is -2.39. The number of hydrogen-bond donors (Lipinski definition) is 1. The first-order valence-corrected chi connectivity index (χ1v) is 9.93. The van der Waals surface area contributed by atoms with Crippen molar-refractivity contribution in [1.82, 2.24) is 10.2 Å². The van der Waals surface area contributed by atoms with Crippen LogP contribution in [0.5, 0.6) is 5.75 Å². The van der Waals surface area contributed by atoms with Crippen molar-refractivity contribution in [3.05, 3.63) is 59.7 Å². The molecule has 3 rings (SSSR count). The summed E-state index contributed by atoms with van der Waals surface area (Å²) in [6, 6.07) is 15.0. The van der Waals surface area contributed by atoms with Crippen molar-refractivity contribution in [3.8, 4) is 5.75 Å². The molecule has 1 N–H and O–H groups in total. The van der Waals surface area contributed by atoms with E-state index in [9.17, 15) is 8.78 Å². The maximum atomic E-state index is 12.3. The largest absolute Gasteiger partial charge is 0.435 e. The van der Waals surface area contributed by atoms with Gasteiger partial charge in [0.05, 0.1) is 13.2 Å². The Balaban J connectivity index is 0.00000341. The van der Waals surface area contributed by atoms with Gasteiger partial charge in [-0.25, -0.2) is 0 Å². The van der Waals surface area contributed by atoms with Crippen LogP contribution in [0, 0.1) is 0 Å². The van der Waals surface area contributed by atoms with Crippen molar-refractivity contribution in [1.29, 1.82) is 0 Å². The summed E-state index contributed by atoms with van der Waals surface area (Å²) >= 11 is 0. The van der Waals surface area contributed by atoms with Gasteiger partial charge in [0, 0.05) is 46.0 Å². The molecule has 0 saturated carbocycles. The zero-order valence-corrected chi connectivity index (χ0v) is 20.1. The number of nitrogens with one attached hydrogen (secondary N) is 1. The molecular weight excluding hydrogens is 517 g/mol. The van der Waals surface area contributed by atoms with Gasteiger partial charge >= 0.3 is 6.61 Å².